The van der Waals surface area contributed by atoms with Crippen molar-refractivity contribution < 1.29 is 29.6 Å². The molecule has 3 atom stereocenters. The van der Waals surface area contributed by atoms with Crippen molar-refractivity contribution in [3.63, 3.8) is 0 Å². The van der Waals surface area contributed by atoms with Crippen LogP contribution in [0.4, 0.5) is 0 Å². The van der Waals surface area contributed by atoms with Gasteiger partial charge in [-0.1, -0.05) is 19.3 Å². The van der Waals surface area contributed by atoms with Crippen molar-refractivity contribution in [1.29, 1.82) is 0 Å². The summed E-state index contributed by atoms with van der Waals surface area (Å²) in [7, 11) is 0. The third kappa shape index (κ3) is 4.73. The largest absolute Gasteiger partial charge is 0.481 e. The van der Waals surface area contributed by atoms with Crippen LogP contribution >= 0.6 is 0 Å². The number of aliphatic carboxylic acids is 1. The number of imidazole rings is 1. The number of nitrogens with zero attached hydrogens (tertiary/aromatic N) is 3. The summed E-state index contributed by atoms with van der Waals surface area (Å²) in [6, 6.07) is 1.65. The molecule has 10 nitrogen and oxygen atoms in total. The number of carboxylic acid groups (broad SMARTS) is 1. The van der Waals surface area contributed by atoms with Gasteiger partial charge in [0.15, 0.2) is 6.23 Å². The van der Waals surface area contributed by atoms with Gasteiger partial charge in [-0.3, -0.25) is 14.2 Å². The number of hydrogen-bond donors (Lipinski definition) is 3. The second kappa shape index (κ2) is 9.74. The summed E-state index contributed by atoms with van der Waals surface area (Å²) in [6.07, 6.45) is 6.85. The fraction of sp³-hybridized carbons (Fsp3) is 0.652. The fourth-order valence-corrected chi connectivity index (χ4v) is 4.86. The molecular formula is C23H31N3O7. The van der Waals surface area contributed by atoms with Crippen LogP contribution in [0.2, 0.25) is 0 Å². The van der Waals surface area contributed by atoms with Gasteiger partial charge in [-0.05, 0) is 31.7 Å². The topological polar surface area (TPSA) is 143 Å². The predicted molar refractivity (Wildman–Crippen MR) is 117 cm³/mol. The number of fused-ring (bicyclic) bond motifs is 1. The number of aliphatic hydroxyl groups excluding tert-OH is 2. The van der Waals surface area contributed by atoms with Crippen LogP contribution in [0.25, 0.3) is 5.65 Å². The second-order valence-electron chi connectivity index (χ2n) is 9.20. The highest BCUT2D eigenvalue weighted by atomic mass is 16.5. The molecule has 3 N–H and O–H groups in total. The van der Waals surface area contributed by atoms with Crippen LogP contribution in [0, 0.1) is 5.41 Å². The third-order valence-electron chi connectivity index (χ3n) is 6.95. The van der Waals surface area contributed by atoms with Gasteiger partial charge < -0.3 is 20.1 Å². The van der Waals surface area contributed by atoms with Crippen LogP contribution in [0.5, 0.6) is 0 Å². The fourth-order valence-electron chi connectivity index (χ4n) is 4.86. The van der Waals surface area contributed by atoms with E-state index in [4.69, 9.17) is 9.84 Å². The zero-order chi connectivity index (χ0) is 23.6. The maximum Gasteiger partial charge on any atom is 0.336 e. The van der Waals surface area contributed by atoms with Crippen LogP contribution in [0.3, 0.4) is 0 Å². The van der Waals surface area contributed by atoms with Gasteiger partial charge in [0, 0.05) is 37.1 Å². The molecular weight excluding hydrogens is 430 g/mol. The average molecular weight is 462 g/mol. The summed E-state index contributed by atoms with van der Waals surface area (Å²) in [6.45, 7) is -0.213. The number of carbonyl (C=O) groups excluding carboxylic acids is 1. The molecule has 0 bridgehead atoms. The molecule has 0 amide bonds. The normalized spacial score (nSPS) is 23.4. The maximum atomic E-state index is 13.2. The van der Waals surface area contributed by atoms with E-state index in [1.807, 2.05) is 0 Å². The predicted octanol–water partition coefficient (Wildman–Crippen LogP) is 1.45. The van der Waals surface area contributed by atoms with E-state index in [-0.39, 0.29) is 25.2 Å². The van der Waals surface area contributed by atoms with Gasteiger partial charge >= 0.3 is 11.7 Å². The number of Topliss-reactive ketones (excluding diaryl/α,β-unsaturated/α-hetero) is 1. The van der Waals surface area contributed by atoms with E-state index in [0.717, 1.165) is 38.5 Å². The van der Waals surface area contributed by atoms with E-state index in [9.17, 15) is 24.6 Å². The first-order valence-corrected chi connectivity index (χ1v) is 11.6. The highest BCUT2D eigenvalue weighted by molar-refractivity contribution is 5.80. The van der Waals surface area contributed by atoms with E-state index < -0.39 is 35.5 Å². The molecule has 0 aromatic carbocycles. The summed E-state index contributed by atoms with van der Waals surface area (Å²) >= 11 is 0. The van der Waals surface area contributed by atoms with Crippen LogP contribution in [-0.4, -0.2) is 59.8 Å². The Labute approximate surface area is 190 Å². The molecule has 1 aliphatic carbocycles. The van der Waals surface area contributed by atoms with E-state index in [0.29, 0.717) is 24.2 Å². The summed E-state index contributed by atoms with van der Waals surface area (Å²) in [5, 5.41) is 29.1. The Hall–Kier alpha value is -2.56. The summed E-state index contributed by atoms with van der Waals surface area (Å²) in [5.74, 6) is -0.780. The zero-order valence-corrected chi connectivity index (χ0v) is 18.6. The van der Waals surface area contributed by atoms with E-state index >= 15 is 0 Å². The van der Waals surface area contributed by atoms with Crippen molar-refractivity contribution in [2.75, 3.05) is 6.61 Å². The van der Waals surface area contributed by atoms with Gasteiger partial charge in [0.25, 0.3) is 0 Å². The van der Waals surface area contributed by atoms with Crippen molar-refractivity contribution >= 4 is 17.4 Å². The number of hydrogen-bond acceptors (Lipinski definition) is 7. The minimum Gasteiger partial charge on any atom is -0.481 e. The van der Waals surface area contributed by atoms with Crippen molar-refractivity contribution in [3.05, 3.63) is 34.6 Å². The molecule has 0 radical (unpaired) electrons. The van der Waals surface area contributed by atoms with Gasteiger partial charge in [0.2, 0.25) is 0 Å². The Morgan fingerprint density at radius 2 is 1.85 bits per heavy atom. The molecule has 2 fully saturated rings. The quantitative estimate of drug-likeness (QED) is 0.403. The first-order chi connectivity index (χ1) is 15.9. The standard InChI is InChI=1S/C23H31N3O7/c27-14-17-23(9-10-23)20(31)21(33-17)25-11-8-18-24-13-15(26(18)22(25)32)12-16(28)6-4-2-1-3-5-7-19(29)30/h8,11,13,17,20-21,27,31H,1-7,9-10,12,14H2,(H,29,30)/t17-,20+,21?/m1/s1. The SMILES string of the molecule is O=C(O)CCCCCCCC(=O)Cc1cnc2ccn(C3O[C@H](CO)C4(CC4)[C@H]3O)c(=O)n12. The Kier molecular flexibility index (Phi) is 6.96. The Morgan fingerprint density at radius 3 is 2.48 bits per heavy atom. The Balaban J connectivity index is 1.39. The molecule has 1 aliphatic heterocycles. The van der Waals surface area contributed by atoms with Crippen molar-refractivity contribution in [2.24, 2.45) is 5.41 Å². The lowest BCUT2D eigenvalue weighted by atomic mass is 9.95. The maximum absolute atomic E-state index is 13.2. The lowest BCUT2D eigenvalue weighted by Gasteiger charge is -2.19. The molecule has 1 spiro atoms. The van der Waals surface area contributed by atoms with E-state index in [2.05, 4.69) is 4.98 Å². The Morgan fingerprint density at radius 1 is 1.15 bits per heavy atom. The molecule has 33 heavy (non-hydrogen) atoms. The number of aromatic nitrogens is 3. The monoisotopic (exact) mass is 461 g/mol. The van der Waals surface area contributed by atoms with Gasteiger partial charge in [0.05, 0.1) is 18.4 Å². The minimum atomic E-state index is -0.895. The van der Waals surface area contributed by atoms with Gasteiger partial charge in [0.1, 0.15) is 17.5 Å². The highest BCUT2D eigenvalue weighted by Gasteiger charge is 2.63. The molecule has 1 unspecified atom stereocenters. The average Bonchev–Trinajstić information content (AvgIpc) is 3.41. The van der Waals surface area contributed by atoms with Gasteiger partial charge in [-0.2, -0.15) is 0 Å². The number of ketones is 1. The first kappa shape index (κ1) is 23.6. The molecule has 3 heterocycles. The minimum absolute atomic E-state index is 0.00608. The van der Waals surface area contributed by atoms with Gasteiger partial charge in [-0.25, -0.2) is 14.2 Å². The number of carbonyl (C=O) groups is 2. The van der Waals surface area contributed by atoms with Crippen LogP contribution in [0.1, 0.15) is 69.7 Å². The highest BCUT2D eigenvalue weighted by Crippen LogP contribution is 2.60. The Bertz CT molecular complexity index is 1070. The summed E-state index contributed by atoms with van der Waals surface area (Å²) in [5.41, 5.74) is -0.0209. The molecule has 2 aliphatic rings. The number of aliphatic hydroxyl groups is 2. The van der Waals surface area contributed by atoms with Crippen molar-refractivity contribution in [2.45, 2.75) is 82.6 Å². The number of carboxylic acids is 1. The van der Waals surface area contributed by atoms with Crippen LogP contribution in [0.15, 0.2) is 23.3 Å². The summed E-state index contributed by atoms with van der Waals surface area (Å²) in [4.78, 5) is 40.5. The molecule has 1 saturated carbocycles. The number of rotatable bonds is 12. The lowest BCUT2D eigenvalue weighted by Crippen LogP contribution is -2.36. The molecule has 4 rings (SSSR count). The van der Waals surface area contributed by atoms with Crippen molar-refractivity contribution in [1.82, 2.24) is 14.0 Å². The molecule has 2 aromatic rings. The second-order valence-corrected chi connectivity index (χ2v) is 9.20. The van der Waals surface area contributed by atoms with E-state index in [1.165, 1.54) is 21.4 Å². The van der Waals surface area contributed by atoms with Crippen molar-refractivity contribution in [3.8, 4) is 0 Å². The molecule has 2 aromatic heterocycles. The molecule has 1 saturated heterocycles. The third-order valence-corrected chi connectivity index (χ3v) is 6.95. The number of unbranched alkanes of at least 4 members (excludes halogenated alkanes) is 4. The smallest absolute Gasteiger partial charge is 0.336 e. The van der Waals surface area contributed by atoms with Crippen LogP contribution in [-0.2, 0) is 20.7 Å². The first-order valence-electron chi connectivity index (χ1n) is 11.6. The number of ether oxygens (including phenoxy) is 1. The van der Waals surface area contributed by atoms with Crippen LogP contribution < -0.4 is 5.69 Å². The van der Waals surface area contributed by atoms with E-state index in [1.54, 1.807) is 6.07 Å². The zero-order valence-electron chi connectivity index (χ0n) is 18.6. The molecule has 180 valence electrons. The van der Waals surface area contributed by atoms with Gasteiger partial charge in [-0.15, -0.1) is 0 Å². The summed E-state index contributed by atoms with van der Waals surface area (Å²) < 4.78 is 8.55. The lowest BCUT2D eigenvalue weighted by molar-refractivity contribution is -0.137. The molecule has 10 heteroatoms.